The minimum absolute atomic E-state index is 0.651. The summed E-state index contributed by atoms with van der Waals surface area (Å²) in [5.74, 6) is 0.651. The van der Waals surface area contributed by atoms with Crippen molar-refractivity contribution < 1.29 is 4.42 Å². The fraction of sp³-hybridized carbons (Fsp3) is 0. The molecule has 7 aromatic carbocycles. The predicted octanol–water partition coefficient (Wildman–Crippen LogP) is 11.1. The number of aromatic nitrogens is 3. The summed E-state index contributed by atoms with van der Waals surface area (Å²) in [6.45, 7) is 0. The fourth-order valence-electron chi connectivity index (χ4n) is 6.99. The Morgan fingerprint density at radius 1 is 0.413 bits per heavy atom. The lowest BCUT2D eigenvalue weighted by Gasteiger charge is -2.13. The molecule has 214 valence electrons. The van der Waals surface area contributed by atoms with E-state index in [1.165, 1.54) is 21.5 Å². The lowest BCUT2D eigenvalue weighted by molar-refractivity contribution is 0.669. The minimum Gasteiger partial charge on any atom is -0.456 e. The van der Waals surface area contributed by atoms with E-state index in [4.69, 9.17) is 14.4 Å². The van der Waals surface area contributed by atoms with Crippen LogP contribution in [0.5, 0.6) is 0 Å². The number of furan rings is 1. The van der Waals surface area contributed by atoms with Crippen molar-refractivity contribution in [3.63, 3.8) is 0 Å². The third-order valence-corrected chi connectivity index (χ3v) is 9.18. The molecule has 0 N–H and O–H groups in total. The number of para-hydroxylation sites is 2. The van der Waals surface area contributed by atoms with Crippen molar-refractivity contribution in [3.05, 3.63) is 152 Å². The van der Waals surface area contributed by atoms with Crippen LogP contribution in [0.15, 0.2) is 156 Å². The average molecular weight is 588 g/mol. The Bertz CT molecular complexity index is 2810. The van der Waals surface area contributed by atoms with E-state index >= 15 is 0 Å². The summed E-state index contributed by atoms with van der Waals surface area (Å²) in [7, 11) is 0. The van der Waals surface area contributed by atoms with Crippen LogP contribution in [0.1, 0.15) is 0 Å². The van der Waals surface area contributed by atoms with Gasteiger partial charge in [0.05, 0.1) is 22.2 Å². The Morgan fingerprint density at radius 2 is 1.09 bits per heavy atom. The summed E-state index contributed by atoms with van der Waals surface area (Å²) >= 11 is 0. The van der Waals surface area contributed by atoms with E-state index in [0.29, 0.717) is 5.95 Å². The van der Waals surface area contributed by atoms with E-state index in [-0.39, 0.29) is 0 Å². The van der Waals surface area contributed by atoms with Crippen molar-refractivity contribution in [2.75, 3.05) is 0 Å². The molecule has 4 heteroatoms. The quantitative estimate of drug-likeness (QED) is 0.207. The maximum Gasteiger partial charge on any atom is 0.235 e. The highest BCUT2D eigenvalue weighted by atomic mass is 16.3. The van der Waals surface area contributed by atoms with Crippen molar-refractivity contribution in [3.8, 4) is 28.3 Å². The summed E-state index contributed by atoms with van der Waals surface area (Å²) in [6.07, 6.45) is 0. The highest BCUT2D eigenvalue weighted by molar-refractivity contribution is 6.13. The Labute approximate surface area is 263 Å². The topological polar surface area (TPSA) is 43.9 Å². The predicted molar refractivity (Wildman–Crippen MR) is 190 cm³/mol. The number of nitrogens with zero attached hydrogens (tertiary/aromatic N) is 3. The molecule has 3 heterocycles. The smallest absolute Gasteiger partial charge is 0.235 e. The molecule has 46 heavy (non-hydrogen) atoms. The van der Waals surface area contributed by atoms with Gasteiger partial charge in [-0.05, 0) is 70.4 Å². The van der Waals surface area contributed by atoms with Gasteiger partial charge in [-0.1, -0.05) is 103 Å². The second-order valence-corrected chi connectivity index (χ2v) is 11.8. The van der Waals surface area contributed by atoms with E-state index in [1.54, 1.807) is 0 Å². The van der Waals surface area contributed by atoms with E-state index in [1.807, 2.05) is 18.2 Å². The van der Waals surface area contributed by atoms with E-state index in [2.05, 4.69) is 138 Å². The fourth-order valence-corrected chi connectivity index (χ4v) is 6.99. The monoisotopic (exact) mass is 587 g/mol. The molecular formula is C42H25N3O. The zero-order valence-corrected chi connectivity index (χ0v) is 24.7. The lowest BCUT2D eigenvalue weighted by Crippen LogP contribution is -2.03. The third-order valence-electron chi connectivity index (χ3n) is 9.18. The SMILES string of the molecule is c1ccc(-c2nc(-n3c4ccccc4c4cc5ccccc5cc43)nc3cc(-c4ccc5c(c4)oc4ccccc45)ccc23)cc1. The molecule has 0 saturated carbocycles. The van der Waals surface area contributed by atoms with Crippen LogP contribution in [-0.2, 0) is 0 Å². The van der Waals surface area contributed by atoms with Gasteiger partial charge in [0.2, 0.25) is 5.95 Å². The first-order valence-electron chi connectivity index (χ1n) is 15.5. The van der Waals surface area contributed by atoms with E-state index in [0.717, 1.165) is 66.3 Å². The van der Waals surface area contributed by atoms with Crippen LogP contribution in [0.2, 0.25) is 0 Å². The number of rotatable bonds is 3. The molecule has 0 bridgehead atoms. The van der Waals surface area contributed by atoms with Gasteiger partial charge in [-0.25, -0.2) is 9.97 Å². The zero-order chi connectivity index (χ0) is 30.2. The Hall–Kier alpha value is -6.26. The van der Waals surface area contributed by atoms with Crippen molar-refractivity contribution in [2.24, 2.45) is 0 Å². The first kappa shape index (κ1) is 25.1. The molecule has 0 aliphatic rings. The maximum atomic E-state index is 6.23. The standard InChI is InChI=1S/C42H25N3O/c1-2-10-26(11-3-1)41-34-21-19-29(30-18-20-33-32-15-7-9-17-39(32)46-40(33)25-30)23-36(34)43-42(44-41)45-37-16-8-6-14-31(37)35-22-27-12-4-5-13-28(27)24-38(35)45/h1-25H. The normalized spacial score (nSPS) is 11.9. The van der Waals surface area contributed by atoms with Crippen molar-refractivity contribution in [1.82, 2.24) is 14.5 Å². The molecule has 3 aromatic heterocycles. The highest BCUT2D eigenvalue weighted by Gasteiger charge is 2.18. The lowest BCUT2D eigenvalue weighted by atomic mass is 10.00. The Morgan fingerprint density at radius 3 is 1.96 bits per heavy atom. The largest absolute Gasteiger partial charge is 0.456 e. The summed E-state index contributed by atoms with van der Waals surface area (Å²) in [5.41, 5.74) is 8.96. The molecular weight excluding hydrogens is 562 g/mol. The summed E-state index contributed by atoms with van der Waals surface area (Å²) in [5, 5.41) is 8.03. The first-order valence-corrected chi connectivity index (χ1v) is 15.5. The molecule has 0 radical (unpaired) electrons. The van der Waals surface area contributed by atoms with Gasteiger partial charge in [-0.2, -0.15) is 0 Å². The van der Waals surface area contributed by atoms with Gasteiger partial charge in [-0.15, -0.1) is 0 Å². The minimum atomic E-state index is 0.651. The van der Waals surface area contributed by atoms with Gasteiger partial charge in [0.25, 0.3) is 0 Å². The van der Waals surface area contributed by atoms with Crippen molar-refractivity contribution >= 4 is 65.4 Å². The molecule has 10 aromatic rings. The first-order chi connectivity index (χ1) is 22.8. The summed E-state index contributed by atoms with van der Waals surface area (Å²) < 4.78 is 8.45. The second kappa shape index (κ2) is 9.62. The van der Waals surface area contributed by atoms with E-state index < -0.39 is 0 Å². The van der Waals surface area contributed by atoms with Gasteiger partial charge in [0, 0.05) is 32.5 Å². The second-order valence-electron chi connectivity index (χ2n) is 11.8. The van der Waals surface area contributed by atoms with Crippen LogP contribution in [-0.4, -0.2) is 14.5 Å². The molecule has 0 amide bonds. The van der Waals surface area contributed by atoms with Gasteiger partial charge < -0.3 is 4.42 Å². The van der Waals surface area contributed by atoms with Gasteiger partial charge in [-0.3, -0.25) is 4.57 Å². The number of benzene rings is 7. The molecule has 0 atom stereocenters. The van der Waals surface area contributed by atoms with Gasteiger partial charge in [0.15, 0.2) is 0 Å². The van der Waals surface area contributed by atoms with Crippen LogP contribution in [0.3, 0.4) is 0 Å². The molecule has 0 fully saturated rings. The van der Waals surface area contributed by atoms with Crippen molar-refractivity contribution in [1.29, 1.82) is 0 Å². The molecule has 0 aliphatic carbocycles. The molecule has 4 nitrogen and oxygen atoms in total. The number of hydrogen-bond acceptors (Lipinski definition) is 3. The van der Waals surface area contributed by atoms with Gasteiger partial charge >= 0.3 is 0 Å². The Balaban J connectivity index is 1.24. The molecule has 10 rings (SSSR count). The Kier molecular flexibility index (Phi) is 5.25. The maximum absolute atomic E-state index is 6.23. The molecule has 0 saturated heterocycles. The third kappa shape index (κ3) is 3.74. The average Bonchev–Trinajstić information content (AvgIpc) is 3.65. The van der Waals surface area contributed by atoms with Crippen LogP contribution in [0.4, 0.5) is 0 Å². The molecule has 0 aliphatic heterocycles. The highest BCUT2D eigenvalue weighted by Crippen LogP contribution is 2.37. The molecule has 0 spiro atoms. The van der Waals surface area contributed by atoms with Crippen LogP contribution in [0.25, 0.3) is 93.8 Å². The van der Waals surface area contributed by atoms with Gasteiger partial charge in [0.1, 0.15) is 11.2 Å². The van der Waals surface area contributed by atoms with Crippen LogP contribution in [0, 0.1) is 0 Å². The zero-order valence-electron chi connectivity index (χ0n) is 24.7. The number of fused-ring (bicyclic) bond motifs is 8. The summed E-state index contributed by atoms with van der Waals surface area (Å²) in [4.78, 5) is 10.6. The molecule has 0 unspecified atom stereocenters. The number of hydrogen-bond donors (Lipinski definition) is 0. The van der Waals surface area contributed by atoms with Crippen LogP contribution < -0.4 is 0 Å². The van der Waals surface area contributed by atoms with Crippen molar-refractivity contribution in [2.45, 2.75) is 0 Å². The van der Waals surface area contributed by atoms with Crippen LogP contribution >= 0.6 is 0 Å². The van der Waals surface area contributed by atoms with E-state index in [9.17, 15) is 0 Å². The summed E-state index contributed by atoms with van der Waals surface area (Å²) in [6, 6.07) is 53.2.